The number of amides is 1. The van der Waals surface area contributed by atoms with Gasteiger partial charge in [-0.15, -0.1) is 0 Å². The van der Waals surface area contributed by atoms with E-state index in [2.05, 4.69) is 24.1 Å². The van der Waals surface area contributed by atoms with Crippen molar-refractivity contribution < 1.29 is 19.0 Å². The Morgan fingerprint density at radius 3 is 2.67 bits per heavy atom. The number of benzene rings is 1. The summed E-state index contributed by atoms with van der Waals surface area (Å²) in [6, 6.07) is 5.93. The standard InChI is InChI=1S/C21H32N2O4/c1-5-27-20-14-17(6-8-19(20)25-4)7-9-21(24)22-15-18(16(2)3)23-10-12-26-13-11-23/h6-9,14,16,18H,5,10-13,15H2,1-4H3,(H,22,24)/b9-7+. The lowest BCUT2D eigenvalue weighted by Crippen LogP contribution is -2.51. The van der Waals surface area contributed by atoms with E-state index >= 15 is 0 Å². The number of nitrogens with zero attached hydrogens (tertiary/aromatic N) is 1. The van der Waals surface area contributed by atoms with Gasteiger partial charge < -0.3 is 19.5 Å². The highest BCUT2D eigenvalue weighted by Gasteiger charge is 2.23. The minimum atomic E-state index is -0.0947. The van der Waals surface area contributed by atoms with Gasteiger partial charge in [0.15, 0.2) is 11.5 Å². The van der Waals surface area contributed by atoms with Gasteiger partial charge in [-0.25, -0.2) is 0 Å². The van der Waals surface area contributed by atoms with Gasteiger partial charge in [0.2, 0.25) is 5.91 Å². The fourth-order valence-corrected chi connectivity index (χ4v) is 3.20. The molecular weight excluding hydrogens is 344 g/mol. The number of methoxy groups -OCH3 is 1. The Morgan fingerprint density at radius 1 is 1.30 bits per heavy atom. The summed E-state index contributed by atoms with van der Waals surface area (Å²) in [5.74, 6) is 1.73. The van der Waals surface area contributed by atoms with Gasteiger partial charge in [0.1, 0.15) is 0 Å². The van der Waals surface area contributed by atoms with Gasteiger partial charge in [-0.3, -0.25) is 9.69 Å². The first-order valence-corrected chi connectivity index (χ1v) is 9.63. The summed E-state index contributed by atoms with van der Waals surface area (Å²) in [5.41, 5.74) is 0.892. The monoisotopic (exact) mass is 376 g/mol. The molecule has 150 valence electrons. The van der Waals surface area contributed by atoms with Crippen molar-refractivity contribution >= 4 is 12.0 Å². The van der Waals surface area contributed by atoms with Crippen LogP contribution in [0.25, 0.3) is 6.08 Å². The second-order valence-electron chi connectivity index (χ2n) is 6.88. The molecule has 1 unspecified atom stereocenters. The van der Waals surface area contributed by atoms with E-state index in [1.54, 1.807) is 19.3 Å². The SMILES string of the molecule is CCOc1cc(/C=C/C(=O)NCC(C(C)C)N2CCOCC2)ccc1OC. The van der Waals surface area contributed by atoms with E-state index in [4.69, 9.17) is 14.2 Å². The lowest BCUT2D eigenvalue weighted by molar-refractivity contribution is -0.116. The van der Waals surface area contributed by atoms with Crippen molar-refractivity contribution in [3.8, 4) is 11.5 Å². The number of ether oxygens (including phenoxy) is 3. The molecule has 0 saturated carbocycles. The van der Waals surface area contributed by atoms with Gasteiger partial charge in [-0.05, 0) is 36.6 Å². The molecule has 0 radical (unpaired) electrons. The molecule has 1 heterocycles. The maximum Gasteiger partial charge on any atom is 0.244 e. The lowest BCUT2D eigenvalue weighted by Gasteiger charge is -2.36. The number of rotatable bonds is 9. The van der Waals surface area contributed by atoms with Crippen LogP contribution in [0.4, 0.5) is 0 Å². The third-order valence-electron chi connectivity index (χ3n) is 4.68. The Morgan fingerprint density at radius 2 is 2.04 bits per heavy atom. The Bertz CT molecular complexity index is 625. The average molecular weight is 376 g/mol. The number of carbonyl (C=O) groups excluding carboxylic acids is 1. The van der Waals surface area contributed by atoms with Crippen LogP contribution in [0.1, 0.15) is 26.3 Å². The summed E-state index contributed by atoms with van der Waals surface area (Å²) in [5, 5.41) is 3.03. The van der Waals surface area contributed by atoms with Crippen LogP contribution in [-0.2, 0) is 9.53 Å². The minimum absolute atomic E-state index is 0.0947. The first-order chi connectivity index (χ1) is 13.0. The highest BCUT2D eigenvalue weighted by atomic mass is 16.5. The molecule has 1 saturated heterocycles. The fourth-order valence-electron chi connectivity index (χ4n) is 3.20. The molecule has 2 rings (SSSR count). The molecule has 27 heavy (non-hydrogen) atoms. The number of morpholine rings is 1. The number of nitrogens with one attached hydrogen (secondary N) is 1. The summed E-state index contributed by atoms with van der Waals surface area (Å²) < 4.78 is 16.3. The van der Waals surface area contributed by atoms with Crippen molar-refractivity contribution in [2.75, 3.05) is 46.6 Å². The summed E-state index contributed by atoms with van der Waals surface area (Å²) in [4.78, 5) is 14.7. The highest BCUT2D eigenvalue weighted by Crippen LogP contribution is 2.28. The van der Waals surface area contributed by atoms with Crippen molar-refractivity contribution in [1.82, 2.24) is 10.2 Å². The Hall–Kier alpha value is -2.05. The third kappa shape index (κ3) is 6.56. The predicted octanol–water partition coefficient (Wildman–Crippen LogP) is 2.58. The van der Waals surface area contributed by atoms with Crippen molar-refractivity contribution in [2.24, 2.45) is 5.92 Å². The number of carbonyl (C=O) groups is 1. The third-order valence-corrected chi connectivity index (χ3v) is 4.68. The van der Waals surface area contributed by atoms with Crippen LogP contribution in [0.15, 0.2) is 24.3 Å². The summed E-state index contributed by atoms with van der Waals surface area (Å²) >= 11 is 0. The molecular formula is C21H32N2O4. The van der Waals surface area contributed by atoms with Crippen LogP contribution in [0.3, 0.4) is 0 Å². The van der Waals surface area contributed by atoms with E-state index in [0.29, 0.717) is 36.6 Å². The van der Waals surface area contributed by atoms with E-state index in [9.17, 15) is 4.79 Å². The zero-order valence-corrected chi connectivity index (χ0v) is 16.9. The van der Waals surface area contributed by atoms with Crippen LogP contribution < -0.4 is 14.8 Å². The highest BCUT2D eigenvalue weighted by molar-refractivity contribution is 5.91. The Labute approximate surface area is 162 Å². The Balaban J connectivity index is 1.92. The molecule has 0 aliphatic carbocycles. The zero-order valence-electron chi connectivity index (χ0n) is 16.9. The second-order valence-corrected chi connectivity index (χ2v) is 6.88. The zero-order chi connectivity index (χ0) is 19.6. The molecule has 1 N–H and O–H groups in total. The smallest absolute Gasteiger partial charge is 0.244 e. The normalized spacial score (nSPS) is 16.5. The van der Waals surface area contributed by atoms with Crippen molar-refractivity contribution in [3.05, 3.63) is 29.8 Å². The molecule has 0 aromatic heterocycles. The van der Waals surface area contributed by atoms with Gasteiger partial charge in [0, 0.05) is 31.8 Å². The molecule has 1 amide bonds. The minimum Gasteiger partial charge on any atom is -0.493 e. The van der Waals surface area contributed by atoms with Crippen LogP contribution in [0.2, 0.25) is 0 Å². The van der Waals surface area contributed by atoms with Crippen LogP contribution >= 0.6 is 0 Å². The van der Waals surface area contributed by atoms with Gasteiger partial charge >= 0.3 is 0 Å². The molecule has 0 spiro atoms. The van der Waals surface area contributed by atoms with E-state index in [1.807, 2.05) is 25.1 Å². The Kier molecular flexibility index (Phi) is 8.61. The van der Waals surface area contributed by atoms with Crippen LogP contribution in [0.5, 0.6) is 11.5 Å². The molecule has 6 heteroatoms. The maximum atomic E-state index is 12.3. The van der Waals surface area contributed by atoms with E-state index in [1.165, 1.54) is 0 Å². The molecule has 1 atom stereocenters. The van der Waals surface area contributed by atoms with Gasteiger partial charge in [-0.1, -0.05) is 19.9 Å². The summed E-state index contributed by atoms with van der Waals surface area (Å²) in [6.07, 6.45) is 3.35. The van der Waals surface area contributed by atoms with Gasteiger partial charge in [-0.2, -0.15) is 0 Å². The second kappa shape index (κ2) is 10.9. The molecule has 1 aliphatic heterocycles. The van der Waals surface area contributed by atoms with Gasteiger partial charge in [0.25, 0.3) is 0 Å². The fraction of sp³-hybridized carbons (Fsp3) is 0.571. The maximum absolute atomic E-state index is 12.3. The van der Waals surface area contributed by atoms with E-state index in [-0.39, 0.29) is 5.91 Å². The topological polar surface area (TPSA) is 60.0 Å². The lowest BCUT2D eigenvalue weighted by atomic mass is 10.0. The molecule has 1 fully saturated rings. The molecule has 1 aromatic carbocycles. The van der Waals surface area contributed by atoms with E-state index < -0.39 is 0 Å². The summed E-state index contributed by atoms with van der Waals surface area (Å²) in [6.45, 7) is 10.9. The van der Waals surface area contributed by atoms with Crippen molar-refractivity contribution in [2.45, 2.75) is 26.8 Å². The van der Waals surface area contributed by atoms with E-state index in [0.717, 1.165) is 31.9 Å². The summed E-state index contributed by atoms with van der Waals surface area (Å²) in [7, 11) is 1.61. The quantitative estimate of drug-likeness (QED) is 0.671. The van der Waals surface area contributed by atoms with Crippen molar-refractivity contribution in [3.63, 3.8) is 0 Å². The molecule has 0 bridgehead atoms. The van der Waals surface area contributed by atoms with Crippen LogP contribution in [0, 0.1) is 5.92 Å². The first kappa shape index (κ1) is 21.3. The van der Waals surface area contributed by atoms with Crippen molar-refractivity contribution in [1.29, 1.82) is 0 Å². The largest absolute Gasteiger partial charge is 0.493 e. The molecule has 6 nitrogen and oxygen atoms in total. The first-order valence-electron chi connectivity index (χ1n) is 9.63. The molecule has 1 aliphatic rings. The van der Waals surface area contributed by atoms with Gasteiger partial charge in [0.05, 0.1) is 26.9 Å². The van der Waals surface area contributed by atoms with Crippen LogP contribution in [-0.4, -0.2) is 63.4 Å². The number of hydrogen-bond acceptors (Lipinski definition) is 5. The average Bonchev–Trinajstić information content (AvgIpc) is 2.67. The number of hydrogen-bond donors (Lipinski definition) is 1. The molecule has 1 aromatic rings. The predicted molar refractivity (Wildman–Crippen MR) is 107 cm³/mol.